The van der Waals surface area contributed by atoms with Crippen molar-refractivity contribution in [1.82, 2.24) is 0 Å². The van der Waals surface area contributed by atoms with Crippen LogP contribution in [-0.4, -0.2) is 32.8 Å². The molecule has 0 radical (unpaired) electrons. The van der Waals surface area contributed by atoms with E-state index in [1.165, 1.54) is 11.1 Å². The lowest BCUT2D eigenvalue weighted by atomic mass is 9.65. The van der Waals surface area contributed by atoms with E-state index in [4.69, 9.17) is 4.18 Å². The zero-order valence-corrected chi connectivity index (χ0v) is 17.0. The summed E-state index contributed by atoms with van der Waals surface area (Å²) in [5.74, 6) is 2.16. The van der Waals surface area contributed by atoms with E-state index >= 15 is 0 Å². The molecule has 1 aliphatic rings. The van der Waals surface area contributed by atoms with Gasteiger partial charge in [0.1, 0.15) is 0 Å². The molecule has 1 heterocycles. The van der Waals surface area contributed by atoms with Gasteiger partial charge in [-0.1, -0.05) is 59.6 Å². The van der Waals surface area contributed by atoms with E-state index in [0.29, 0.717) is 6.42 Å². The third-order valence-electron chi connectivity index (χ3n) is 4.12. The highest BCUT2D eigenvalue weighted by Crippen LogP contribution is 2.51. The Bertz CT molecular complexity index is 535. The molecule has 1 aliphatic heterocycles. The molecule has 0 atom stereocenters. The quantitative estimate of drug-likeness (QED) is 0.554. The maximum Gasteiger partial charge on any atom is 0.264 e. The minimum absolute atomic E-state index is 0.0575. The number of thioether (sulfide) groups is 1. The van der Waals surface area contributed by atoms with Crippen LogP contribution >= 0.6 is 11.8 Å². The van der Waals surface area contributed by atoms with Gasteiger partial charge in [-0.2, -0.15) is 20.2 Å². The molecule has 0 N–H and O–H groups in total. The Balaban J connectivity index is 3.31. The lowest BCUT2D eigenvalue weighted by Crippen LogP contribution is -2.31. The zero-order valence-electron chi connectivity index (χ0n) is 15.4. The zero-order chi connectivity index (χ0) is 17.4. The minimum Gasteiger partial charge on any atom is -0.270 e. The lowest BCUT2D eigenvalue weighted by molar-refractivity contribution is 0.299. The van der Waals surface area contributed by atoms with Crippen molar-refractivity contribution in [2.24, 2.45) is 16.2 Å². The number of hydrogen-bond donors (Lipinski definition) is 0. The molecule has 0 bridgehead atoms. The first kappa shape index (κ1) is 20.0. The van der Waals surface area contributed by atoms with Gasteiger partial charge < -0.3 is 0 Å². The Kier molecular flexibility index (Phi) is 5.91. The van der Waals surface area contributed by atoms with Crippen LogP contribution in [0.4, 0.5) is 0 Å². The smallest absolute Gasteiger partial charge is 0.264 e. The average Bonchev–Trinajstić information content (AvgIpc) is 2.30. The summed E-state index contributed by atoms with van der Waals surface area (Å²) in [6.07, 6.45) is 1.79. The van der Waals surface area contributed by atoms with E-state index in [1.54, 1.807) is 0 Å². The average molecular weight is 349 g/mol. The molecule has 22 heavy (non-hydrogen) atoms. The van der Waals surface area contributed by atoms with Crippen molar-refractivity contribution in [3.05, 3.63) is 11.1 Å². The van der Waals surface area contributed by atoms with Gasteiger partial charge in [0.25, 0.3) is 10.1 Å². The van der Waals surface area contributed by atoms with Crippen LogP contribution in [0.5, 0.6) is 0 Å². The van der Waals surface area contributed by atoms with E-state index in [2.05, 4.69) is 48.5 Å². The summed E-state index contributed by atoms with van der Waals surface area (Å²) in [5, 5.41) is 0. The van der Waals surface area contributed by atoms with Crippen LogP contribution in [0.25, 0.3) is 0 Å². The molecule has 0 fully saturated rings. The van der Waals surface area contributed by atoms with Crippen LogP contribution < -0.4 is 0 Å². The molecular formula is C17H32O3S2. The normalized spacial score (nSPS) is 22.5. The van der Waals surface area contributed by atoms with E-state index < -0.39 is 10.1 Å². The van der Waals surface area contributed by atoms with Crippen LogP contribution in [0.15, 0.2) is 11.1 Å². The fourth-order valence-corrected chi connectivity index (χ4v) is 5.52. The fourth-order valence-electron chi connectivity index (χ4n) is 3.69. The SMILES string of the molecule is CC(C)(C)C1=C(CCOS(C)(=O)=O)C(C)(C)CSCC1(C)C. The van der Waals surface area contributed by atoms with E-state index in [-0.39, 0.29) is 22.9 Å². The summed E-state index contributed by atoms with van der Waals surface area (Å²) in [6.45, 7) is 16.2. The lowest BCUT2D eigenvalue weighted by Gasteiger charge is -2.40. The largest absolute Gasteiger partial charge is 0.270 e. The van der Waals surface area contributed by atoms with Gasteiger partial charge in [0, 0.05) is 11.5 Å². The Morgan fingerprint density at radius 1 is 1.09 bits per heavy atom. The minimum atomic E-state index is -3.38. The van der Waals surface area contributed by atoms with Crippen molar-refractivity contribution in [2.45, 2.75) is 54.9 Å². The molecule has 5 heteroatoms. The topological polar surface area (TPSA) is 43.4 Å². The summed E-state index contributed by atoms with van der Waals surface area (Å²) in [4.78, 5) is 0. The van der Waals surface area contributed by atoms with Gasteiger partial charge >= 0.3 is 0 Å². The second-order valence-electron chi connectivity index (χ2n) is 8.64. The highest BCUT2D eigenvalue weighted by Gasteiger charge is 2.41. The van der Waals surface area contributed by atoms with Gasteiger partial charge in [0.15, 0.2) is 0 Å². The van der Waals surface area contributed by atoms with Gasteiger partial charge in [0.2, 0.25) is 0 Å². The molecule has 0 unspecified atom stereocenters. The summed E-state index contributed by atoms with van der Waals surface area (Å²) in [7, 11) is -3.38. The van der Waals surface area contributed by atoms with E-state index in [0.717, 1.165) is 17.8 Å². The second kappa shape index (κ2) is 6.48. The molecular weight excluding hydrogens is 316 g/mol. The molecule has 3 nitrogen and oxygen atoms in total. The molecule has 0 spiro atoms. The van der Waals surface area contributed by atoms with Gasteiger partial charge in [0.05, 0.1) is 12.9 Å². The molecule has 130 valence electrons. The van der Waals surface area contributed by atoms with Crippen LogP contribution in [0.2, 0.25) is 0 Å². The molecule has 0 aromatic heterocycles. The van der Waals surface area contributed by atoms with Gasteiger partial charge in [-0.15, -0.1) is 0 Å². The monoisotopic (exact) mass is 348 g/mol. The van der Waals surface area contributed by atoms with Gasteiger partial charge in [-0.05, 0) is 22.7 Å². The first-order valence-electron chi connectivity index (χ1n) is 7.83. The maximum atomic E-state index is 11.3. The first-order valence-corrected chi connectivity index (χ1v) is 10.8. The predicted octanol–water partition coefficient (Wildman–Crippen LogP) is 4.49. The van der Waals surface area contributed by atoms with Gasteiger partial charge in [-0.3, -0.25) is 4.18 Å². The number of hydrogen-bond acceptors (Lipinski definition) is 4. The van der Waals surface area contributed by atoms with Crippen LogP contribution in [0.1, 0.15) is 54.9 Å². The van der Waals surface area contributed by atoms with Crippen LogP contribution in [0.3, 0.4) is 0 Å². The Labute approximate surface area is 141 Å². The predicted molar refractivity (Wildman–Crippen MR) is 96.8 cm³/mol. The van der Waals surface area contributed by atoms with Crippen molar-refractivity contribution in [3.8, 4) is 0 Å². The van der Waals surface area contributed by atoms with Gasteiger partial charge in [-0.25, -0.2) is 0 Å². The fraction of sp³-hybridized carbons (Fsp3) is 0.882. The van der Waals surface area contributed by atoms with Crippen molar-refractivity contribution in [1.29, 1.82) is 0 Å². The summed E-state index contributed by atoms with van der Waals surface area (Å²) in [6, 6.07) is 0. The summed E-state index contributed by atoms with van der Waals surface area (Å²) >= 11 is 1.99. The molecule has 0 aliphatic carbocycles. The van der Waals surface area contributed by atoms with E-state index in [1.807, 2.05) is 11.8 Å². The summed E-state index contributed by atoms with van der Waals surface area (Å²) < 4.78 is 27.6. The molecule has 0 saturated carbocycles. The highest BCUT2D eigenvalue weighted by molar-refractivity contribution is 7.99. The van der Waals surface area contributed by atoms with E-state index in [9.17, 15) is 8.42 Å². The van der Waals surface area contributed by atoms with Crippen molar-refractivity contribution in [2.75, 3.05) is 24.4 Å². The molecule has 0 amide bonds. The molecule has 0 saturated heterocycles. The number of allylic oxidation sites excluding steroid dienone is 1. The number of rotatable bonds is 4. The first-order chi connectivity index (χ1) is 9.67. The van der Waals surface area contributed by atoms with Crippen LogP contribution in [-0.2, 0) is 14.3 Å². The Hall–Kier alpha value is -0.0000000000000000555. The second-order valence-corrected chi connectivity index (χ2v) is 11.3. The maximum absolute atomic E-state index is 11.3. The van der Waals surface area contributed by atoms with Crippen molar-refractivity contribution in [3.63, 3.8) is 0 Å². The van der Waals surface area contributed by atoms with Crippen molar-refractivity contribution >= 4 is 21.9 Å². The molecule has 1 rings (SSSR count). The highest BCUT2D eigenvalue weighted by atomic mass is 32.2. The molecule has 0 aromatic carbocycles. The van der Waals surface area contributed by atoms with Crippen molar-refractivity contribution < 1.29 is 12.6 Å². The third kappa shape index (κ3) is 5.27. The Morgan fingerprint density at radius 3 is 2.05 bits per heavy atom. The summed E-state index contributed by atoms with van der Waals surface area (Å²) in [5.41, 5.74) is 3.07. The Morgan fingerprint density at radius 2 is 1.59 bits per heavy atom. The van der Waals surface area contributed by atoms with Crippen LogP contribution in [0, 0.1) is 16.2 Å². The molecule has 0 aromatic rings. The third-order valence-corrected chi connectivity index (χ3v) is 6.57. The standard InChI is InChI=1S/C17H32O3S2/c1-15(2,3)14-13(9-10-20-22(8,18)19)16(4,5)11-21-12-17(14,6)7/h9-12H2,1-8H3.